The third-order valence-electron chi connectivity index (χ3n) is 4.96. The second-order valence-electron chi connectivity index (χ2n) is 7.18. The van der Waals surface area contributed by atoms with E-state index < -0.39 is 9.84 Å². The van der Waals surface area contributed by atoms with E-state index in [4.69, 9.17) is 5.26 Å². The topological polar surface area (TPSA) is 87.0 Å². The Balaban J connectivity index is 1.80. The second-order valence-corrected chi connectivity index (χ2v) is 9.20. The van der Waals surface area contributed by atoms with Crippen LogP contribution < -0.4 is 5.32 Å². The second kappa shape index (κ2) is 9.54. The Morgan fingerprint density at radius 2 is 1.71 bits per heavy atom. The molecule has 0 aliphatic heterocycles. The molecule has 3 aromatic carbocycles. The quantitative estimate of drug-likeness (QED) is 0.605. The first-order valence-corrected chi connectivity index (χ1v) is 11.5. The molecule has 0 aliphatic rings. The van der Waals surface area contributed by atoms with Crippen LogP contribution in [0.2, 0.25) is 0 Å². The van der Waals surface area contributed by atoms with Gasteiger partial charge in [0.2, 0.25) is 0 Å². The normalized spacial score (nSPS) is 12.0. The number of nitrogens with one attached hydrogen (secondary N) is 1. The molecule has 3 rings (SSSR count). The van der Waals surface area contributed by atoms with Crippen molar-refractivity contribution in [3.05, 3.63) is 101 Å². The highest BCUT2D eigenvalue weighted by molar-refractivity contribution is 7.90. The molecule has 7 heteroatoms. The summed E-state index contributed by atoms with van der Waals surface area (Å²) in [5.74, 6) is -0.864. The summed E-state index contributed by atoms with van der Waals surface area (Å²) in [7, 11) is -3.38. The first kappa shape index (κ1) is 22.2. The molecule has 3 aromatic rings. The molecule has 0 saturated heterocycles. The van der Waals surface area contributed by atoms with Gasteiger partial charge < -0.3 is 5.32 Å². The minimum atomic E-state index is -3.38. The maximum Gasteiger partial charge on any atom is 0.251 e. The molecule has 0 radical (unpaired) electrons. The SMILES string of the molecule is CS(=O)(=O)c1cccc(C(CCNC(=O)c2ccc(C#N)cc2)c2ccc(F)cc2)c1. The molecule has 1 amide bonds. The average Bonchev–Trinajstić information content (AvgIpc) is 2.77. The number of hydrogen-bond acceptors (Lipinski definition) is 4. The van der Waals surface area contributed by atoms with Crippen LogP contribution in [0, 0.1) is 17.1 Å². The van der Waals surface area contributed by atoms with Crippen LogP contribution in [0.25, 0.3) is 0 Å². The summed E-state index contributed by atoms with van der Waals surface area (Å²) in [6.45, 7) is 0.323. The molecular weight excluding hydrogens is 415 g/mol. The van der Waals surface area contributed by atoms with Crippen molar-refractivity contribution in [2.24, 2.45) is 0 Å². The van der Waals surface area contributed by atoms with Gasteiger partial charge in [-0.1, -0.05) is 24.3 Å². The molecule has 0 heterocycles. The van der Waals surface area contributed by atoms with E-state index in [0.717, 1.165) is 17.4 Å². The number of nitrogens with zero attached hydrogens (tertiary/aromatic N) is 1. The molecule has 0 aromatic heterocycles. The van der Waals surface area contributed by atoms with E-state index in [9.17, 15) is 17.6 Å². The standard InChI is InChI=1S/C24H21FN2O3S/c1-31(29,30)22-4-2-3-20(15-22)23(18-9-11-21(25)12-10-18)13-14-27-24(28)19-7-5-17(16-26)6-8-19/h2-12,15,23H,13-14H2,1H3,(H,27,28). The molecule has 0 aliphatic carbocycles. The van der Waals surface area contributed by atoms with Crippen molar-refractivity contribution >= 4 is 15.7 Å². The Bertz CT molecular complexity index is 1210. The zero-order valence-corrected chi connectivity index (χ0v) is 17.7. The summed E-state index contributed by atoms with van der Waals surface area (Å²) >= 11 is 0. The number of carbonyl (C=O) groups excluding carboxylic acids is 1. The summed E-state index contributed by atoms with van der Waals surface area (Å²) in [4.78, 5) is 12.6. The Labute approximate surface area is 181 Å². The lowest BCUT2D eigenvalue weighted by molar-refractivity contribution is 0.0953. The van der Waals surface area contributed by atoms with E-state index >= 15 is 0 Å². The van der Waals surface area contributed by atoms with Gasteiger partial charge in [-0.15, -0.1) is 0 Å². The van der Waals surface area contributed by atoms with Crippen molar-refractivity contribution in [3.8, 4) is 6.07 Å². The molecule has 5 nitrogen and oxygen atoms in total. The molecule has 1 unspecified atom stereocenters. The molecule has 0 spiro atoms. The van der Waals surface area contributed by atoms with E-state index in [1.165, 1.54) is 18.2 Å². The number of amides is 1. The Morgan fingerprint density at radius 3 is 2.32 bits per heavy atom. The average molecular weight is 437 g/mol. The molecule has 0 saturated carbocycles. The summed E-state index contributed by atoms with van der Waals surface area (Å²) in [6.07, 6.45) is 1.64. The van der Waals surface area contributed by atoms with Gasteiger partial charge in [-0.25, -0.2) is 12.8 Å². The van der Waals surface area contributed by atoms with Crippen molar-refractivity contribution in [2.45, 2.75) is 17.2 Å². The first-order chi connectivity index (χ1) is 14.8. The minimum Gasteiger partial charge on any atom is -0.352 e. The van der Waals surface area contributed by atoms with Crippen molar-refractivity contribution in [1.29, 1.82) is 5.26 Å². The zero-order valence-electron chi connectivity index (χ0n) is 16.9. The van der Waals surface area contributed by atoms with E-state index in [1.54, 1.807) is 48.5 Å². The zero-order chi connectivity index (χ0) is 22.4. The van der Waals surface area contributed by atoms with Crippen molar-refractivity contribution in [3.63, 3.8) is 0 Å². The van der Waals surface area contributed by atoms with Crippen LogP contribution in [0.5, 0.6) is 0 Å². The Kier molecular flexibility index (Phi) is 6.83. The number of benzene rings is 3. The number of rotatable bonds is 7. The van der Waals surface area contributed by atoms with Gasteiger partial charge >= 0.3 is 0 Å². The van der Waals surface area contributed by atoms with Crippen LogP contribution in [0.15, 0.2) is 77.7 Å². The van der Waals surface area contributed by atoms with Gasteiger partial charge in [-0.2, -0.15) is 5.26 Å². The molecule has 31 heavy (non-hydrogen) atoms. The maximum absolute atomic E-state index is 13.4. The lowest BCUT2D eigenvalue weighted by Gasteiger charge is -2.19. The number of nitriles is 1. The third-order valence-corrected chi connectivity index (χ3v) is 6.07. The monoisotopic (exact) mass is 436 g/mol. The van der Waals surface area contributed by atoms with E-state index in [-0.39, 0.29) is 22.5 Å². The number of sulfone groups is 1. The van der Waals surface area contributed by atoms with Gasteiger partial charge in [0.05, 0.1) is 16.5 Å². The van der Waals surface area contributed by atoms with Gasteiger partial charge in [-0.05, 0) is 66.1 Å². The van der Waals surface area contributed by atoms with Crippen molar-refractivity contribution in [2.75, 3.05) is 12.8 Å². The Hall–Kier alpha value is -3.50. The summed E-state index contributed by atoms with van der Waals surface area (Å²) < 4.78 is 37.4. The Morgan fingerprint density at radius 1 is 1.03 bits per heavy atom. The molecule has 0 fully saturated rings. The van der Waals surface area contributed by atoms with Crippen LogP contribution >= 0.6 is 0 Å². The minimum absolute atomic E-state index is 0.207. The van der Waals surface area contributed by atoms with Crippen LogP contribution in [-0.2, 0) is 9.84 Å². The van der Waals surface area contributed by atoms with Crippen LogP contribution in [0.4, 0.5) is 4.39 Å². The van der Waals surface area contributed by atoms with Gasteiger partial charge in [0.15, 0.2) is 9.84 Å². The fraction of sp³-hybridized carbons (Fsp3) is 0.167. The highest BCUT2D eigenvalue weighted by Crippen LogP contribution is 2.29. The highest BCUT2D eigenvalue weighted by Gasteiger charge is 2.18. The van der Waals surface area contributed by atoms with E-state index in [2.05, 4.69) is 5.32 Å². The van der Waals surface area contributed by atoms with E-state index in [0.29, 0.717) is 24.1 Å². The largest absolute Gasteiger partial charge is 0.352 e. The van der Waals surface area contributed by atoms with Crippen molar-refractivity contribution < 1.29 is 17.6 Å². The maximum atomic E-state index is 13.4. The fourth-order valence-corrected chi connectivity index (χ4v) is 3.99. The number of hydrogen-bond donors (Lipinski definition) is 1. The van der Waals surface area contributed by atoms with Gasteiger partial charge in [0.1, 0.15) is 5.82 Å². The van der Waals surface area contributed by atoms with Gasteiger partial charge in [0, 0.05) is 24.3 Å². The summed E-state index contributed by atoms with van der Waals surface area (Å²) in [5.41, 5.74) is 2.50. The molecule has 1 N–H and O–H groups in total. The predicted octanol–water partition coefficient (Wildman–Crippen LogP) is 4.05. The predicted molar refractivity (Wildman–Crippen MR) is 116 cm³/mol. The van der Waals surface area contributed by atoms with Gasteiger partial charge in [0.25, 0.3) is 5.91 Å². The lowest BCUT2D eigenvalue weighted by Crippen LogP contribution is -2.25. The number of carbonyl (C=O) groups is 1. The third kappa shape index (κ3) is 5.77. The number of halogens is 1. The molecular formula is C24H21FN2O3S. The van der Waals surface area contributed by atoms with Crippen molar-refractivity contribution in [1.82, 2.24) is 5.32 Å². The lowest BCUT2D eigenvalue weighted by atomic mass is 9.88. The van der Waals surface area contributed by atoms with E-state index in [1.807, 2.05) is 12.1 Å². The molecule has 0 bridgehead atoms. The van der Waals surface area contributed by atoms with Crippen LogP contribution in [0.3, 0.4) is 0 Å². The molecule has 1 atom stereocenters. The van der Waals surface area contributed by atoms with Gasteiger partial charge in [-0.3, -0.25) is 4.79 Å². The highest BCUT2D eigenvalue weighted by atomic mass is 32.2. The van der Waals surface area contributed by atoms with Crippen LogP contribution in [-0.4, -0.2) is 27.1 Å². The first-order valence-electron chi connectivity index (χ1n) is 9.62. The summed E-state index contributed by atoms with van der Waals surface area (Å²) in [5, 5.41) is 11.7. The fourth-order valence-electron chi connectivity index (χ4n) is 3.31. The summed E-state index contributed by atoms with van der Waals surface area (Å²) in [6, 6.07) is 21.0. The molecule has 158 valence electrons. The smallest absolute Gasteiger partial charge is 0.251 e. The van der Waals surface area contributed by atoms with Crippen LogP contribution in [0.1, 0.15) is 39.4 Å².